The lowest BCUT2D eigenvalue weighted by Gasteiger charge is -2.16. The average molecular weight is 449 g/mol. The predicted octanol–water partition coefficient (Wildman–Crippen LogP) is 4.25. The van der Waals surface area contributed by atoms with Gasteiger partial charge in [-0.25, -0.2) is 13.4 Å². The third kappa shape index (κ3) is 4.50. The normalized spacial score (nSPS) is 11.5. The number of hydrogen-bond donors (Lipinski definition) is 2. The van der Waals surface area contributed by atoms with Gasteiger partial charge < -0.3 is 9.88 Å². The van der Waals surface area contributed by atoms with Crippen LogP contribution >= 0.6 is 0 Å². The second-order valence-corrected chi connectivity index (χ2v) is 9.47. The Hall–Kier alpha value is -3.65. The summed E-state index contributed by atoms with van der Waals surface area (Å²) in [5.74, 6) is 0.508. The molecule has 1 heterocycles. The lowest BCUT2D eigenvalue weighted by molar-refractivity contribution is 0.0782. The van der Waals surface area contributed by atoms with Gasteiger partial charge in [-0.3, -0.25) is 9.52 Å². The van der Waals surface area contributed by atoms with E-state index in [0.29, 0.717) is 23.6 Å². The molecule has 0 bridgehead atoms. The molecule has 7 nitrogen and oxygen atoms in total. The molecule has 0 aliphatic carbocycles. The minimum atomic E-state index is -3.71. The van der Waals surface area contributed by atoms with Gasteiger partial charge in [0.05, 0.1) is 22.5 Å². The number of carbonyl (C=O) groups excluding carboxylic acids is 1. The summed E-state index contributed by atoms with van der Waals surface area (Å²) in [4.78, 5) is 22.3. The Bertz CT molecular complexity index is 1360. The van der Waals surface area contributed by atoms with Gasteiger partial charge in [-0.2, -0.15) is 0 Å². The minimum Gasteiger partial charge on any atom is -0.340 e. The van der Waals surface area contributed by atoms with Crippen LogP contribution in [0.3, 0.4) is 0 Å². The molecule has 0 spiro atoms. The van der Waals surface area contributed by atoms with Crippen molar-refractivity contribution in [2.45, 2.75) is 25.3 Å². The summed E-state index contributed by atoms with van der Waals surface area (Å²) < 4.78 is 27.9. The van der Waals surface area contributed by atoms with Gasteiger partial charge in [0, 0.05) is 18.3 Å². The second kappa shape index (κ2) is 8.47. The van der Waals surface area contributed by atoms with Gasteiger partial charge in [-0.05, 0) is 73.5 Å². The third-order valence-electron chi connectivity index (χ3n) is 5.34. The Morgan fingerprint density at radius 1 is 1.00 bits per heavy atom. The van der Waals surface area contributed by atoms with Crippen LogP contribution in [0, 0.1) is 13.8 Å². The summed E-state index contributed by atoms with van der Waals surface area (Å²) in [5.41, 5.74) is 4.55. The molecule has 0 aliphatic rings. The lowest BCUT2D eigenvalue weighted by Crippen LogP contribution is -2.26. The first-order valence-corrected chi connectivity index (χ1v) is 11.6. The van der Waals surface area contributed by atoms with E-state index in [0.717, 1.165) is 22.2 Å². The fraction of sp³-hybridized carbons (Fsp3) is 0.167. The highest BCUT2D eigenvalue weighted by atomic mass is 32.2. The Balaban J connectivity index is 1.45. The largest absolute Gasteiger partial charge is 0.340 e. The molecule has 1 amide bonds. The highest BCUT2D eigenvalue weighted by Crippen LogP contribution is 2.20. The number of aryl methyl sites for hydroxylation is 2. The number of benzene rings is 3. The highest BCUT2D eigenvalue weighted by molar-refractivity contribution is 7.92. The van der Waals surface area contributed by atoms with E-state index in [4.69, 9.17) is 0 Å². The summed E-state index contributed by atoms with van der Waals surface area (Å²) in [5, 5.41) is 0. The van der Waals surface area contributed by atoms with Crippen LogP contribution in [-0.4, -0.2) is 36.2 Å². The maximum atomic E-state index is 12.8. The molecule has 0 saturated heterocycles. The number of carbonyl (C=O) groups is 1. The summed E-state index contributed by atoms with van der Waals surface area (Å²) in [6.07, 6.45) is 0. The first-order chi connectivity index (χ1) is 15.2. The molecular formula is C24H24N4O3S. The van der Waals surface area contributed by atoms with Crippen molar-refractivity contribution in [2.24, 2.45) is 0 Å². The van der Waals surface area contributed by atoms with Crippen LogP contribution in [-0.2, 0) is 16.6 Å². The van der Waals surface area contributed by atoms with E-state index in [9.17, 15) is 13.2 Å². The zero-order chi connectivity index (χ0) is 22.9. The van der Waals surface area contributed by atoms with Crippen LogP contribution in [0.25, 0.3) is 11.0 Å². The van der Waals surface area contributed by atoms with Gasteiger partial charge >= 0.3 is 0 Å². The van der Waals surface area contributed by atoms with Crippen molar-refractivity contribution < 1.29 is 13.2 Å². The monoisotopic (exact) mass is 448 g/mol. The van der Waals surface area contributed by atoms with E-state index in [-0.39, 0.29) is 10.8 Å². The molecule has 4 aromatic rings. The molecule has 4 rings (SSSR count). The van der Waals surface area contributed by atoms with Crippen LogP contribution in [0.4, 0.5) is 5.69 Å². The van der Waals surface area contributed by atoms with Crippen molar-refractivity contribution in [2.75, 3.05) is 11.8 Å². The van der Waals surface area contributed by atoms with E-state index in [2.05, 4.69) is 14.7 Å². The number of fused-ring (bicyclic) bond motifs is 1. The maximum Gasteiger partial charge on any atom is 0.261 e. The zero-order valence-corrected chi connectivity index (χ0v) is 18.9. The molecule has 32 heavy (non-hydrogen) atoms. The van der Waals surface area contributed by atoms with Gasteiger partial charge in [-0.1, -0.05) is 18.2 Å². The van der Waals surface area contributed by atoms with E-state index in [1.807, 2.05) is 38.1 Å². The quantitative estimate of drug-likeness (QED) is 0.461. The first kappa shape index (κ1) is 21.6. The van der Waals surface area contributed by atoms with E-state index < -0.39 is 10.0 Å². The van der Waals surface area contributed by atoms with Crippen LogP contribution in [0.2, 0.25) is 0 Å². The number of aromatic amines is 1. The van der Waals surface area contributed by atoms with E-state index in [1.165, 1.54) is 0 Å². The minimum absolute atomic E-state index is 0.186. The molecule has 0 radical (unpaired) electrons. The zero-order valence-electron chi connectivity index (χ0n) is 18.1. The second-order valence-electron chi connectivity index (χ2n) is 7.79. The van der Waals surface area contributed by atoms with E-state index >= 15 is 0 Å². The van der Waals surface area contributed by atoms with Crippen molar-refractivity contribution in [1.82, 2.24) is 14.9 Å². The molecule has 8 heteroatoms. The molecular weight excluding hydrogens is 424 g/mol. The number of imidazole rings is 1. The predicted molar refractivity (Wildman–Crippen MR) is 125 cm³/mol. The number of para-hydroxylation sites is 2. The molecule has 3 aromatic carbocycles. The first-order valence-electron chi connectivity index (χ1n) is 10.1. The number of hydrogen-bond acceptors (Lipinski definition) is 4. The van der Waals surface area contributed by atoms with Crippen LogP contribution in [0.15, 0.2) is 71.6 Å². The molecule has 0 atom stereocenters. The maximum absolute atomic E-state index is 12.8. The molecule has 0 fully saturated rings. The van der Waals surface area contributed by atoms with Gasteiger partial charge in [0.15, 0.2) is 0 Å². The van der Waals surface area contributed by atoms with Crippen molar-refractivity contribution in [3.8, 4) is 0 Å². The number of H-pyrrole nitrogens is 1. The summed E-state index contributed by atoms with van der Waals surface area (Å²) >= 11 is 0. The van der Waals surface area contributed by atoms with Crippen LogP contribution in [0.1, 0.15) is 27.3 Å². The molecule has 0 unspecified atom stereocenters. The SMILES string of the molecule is Cc1ccc(S(=O)(=O)Nc2ccc(C(=O)N(C)Cc3nc4ccccc4[nH]3)cc2)cc1C. The number of sulfonamides is 1. The van der Waals surface area contributed by atoms with Gasteiger partial charge in [-0.15, -0.1) is 0 Å². The molecule has 164 valence electrons. The number of anilines is 1. The number of nitrogens with one attached hydrogen (secondary N) is 2. The van der Waals surface area contributed by atoms with Crippen molar-refractivity contribution in [1.29, 1.82) is 0 Å². The highest BCUT2D eigenvalue weighted by Gasteiger charge is 2.17. The summed E-state index contributed by atoms with van der Waals surface area (Å²) in [6.45, 7) is 4.13. The van der Waals surface area contributed by atoms with Gasteiger partial charge in [0.1, 0.15) is 5.82 Å². The number of rotatable bonds is 6. The molecule has 0 saturated carbocycles. The van der Waals surface area contributed by atoms with Crippen molar-refractivity contribution in [3.63, 3.8) is 0 Å². The summed E-state index contributed by atoms with van der Waals surface area (Å²) in [7, 11) is -2.01. The lowest BCUT2D eigenvalue weighted by atomic mass is 10.1. The number of amides is 1. The van der Waals surface area contributed by atoms with Crippen molar-refractivity contribution in [3.05, 3.63) is 89.2 Å². The Morgan fingerprint density at radius 3 is 2.41 bits per heavy atom. The Morgan fingerprint density at radius 2 is 1.72 bits per heavy atom. The van der Waals surface area contributed by atoms with E-state index in [1.54, 1.807) is 54.4 Å². The third-order valence-corrected chi connectivity index (χ3v) is 6.72. The van der Waals surface area contributed by atoms with Gasteiger partial charge in [0.2, 0.25) is 0 Å². The number of aromatic nitrogens is 2. The topological polar surface area (TPSA) is 95.2 Å². The Kier molecular flexibility index (Phi) is 5.71. The molecule has 0 aliphatic heterocycles. The smallest absolute Gasteiger partial charge is 0.261 e. The fourth-order valence-electron chi connectivity index (χ4n) is 3.37. The van der Waals surface area contributed by atoms with Gasteiger partial charge in [0.25, 0.3) is 15.9 Å². The summed E-state index contributed by atoms with van der Waals surface area (Å²) in [6, 6.07) is 19.1. The number of nitrogens with zero attached hydrogens (tertiary/aromatic N) is 2. The molecule has 2 N–H and O–H groups in total. The average Bonchev–Trinajstić information content (AvgIpc) is 3.17. The van der Waals surface area contributed by atoms with Crippen molar-refractivity contribution >= 4 is 32.7 Å². The Labute approximate surface area is 187 Å². The molecule has 1 aromatic heterocycles. The van der Waals surface area contributed by atoms with Crippen LogP contribution < -0.4 is 4.72 Å². The van der Waals surface area contributed by atoms with Crippen LogP contribution in [0.5, 0.6) is 0 Å². The standard InChI is InChI=1S/C24H24N4O3S/c1-16-8-13-20(14-17(16)2)32(30,31)27-19-11-9-18(10-12-19)24(29)28(3)15-23-25-21-6-4-5-7-22(21)26-23/h4-14,27H,15H2,1-3H3,(H,25,26). The fourth-order valence-corrected chi connectivity index (χ4v) is 4.52.